The van der Waals surface area contributed by atoms with Crippen LogP contribution >= 0.6 is 0 Å². The molecule has 0 radical (unpaired) electrons. The Hall–Kier alpha value is -5.40. The minimum atomic E-state index is -1.61. The minimum absolute atomic E-state index is 0.0444. The number of H-pyrrole nitrogens is 1. The van der Waals surface area contributed by atoms with E-state index in [4.69, 9.17) is 11.5 Å². The van der Waals surface area contributed by atoms with E-state index in [2.05, 4.69) is 36.6 Å². The third-order valence-corrected chi connectivity index (χ3v) is 6.86. The molecule has 6 unspecified atom stereocenters. The molecule has 19 nitrogen and oxygen atoms in total. The highest BCUT2D eigenvalue weighted by molar-refractivity contribution is 5.95. The molecule has 0 saturated heterocycles. The summed E-state index contributed by atoms with van der Waals surface area (Å²) in [6.07, 6.45) is 0.643. The van der Waals surface area contributed by atoms with E-state index in [1.807, 2.05) is 0 Å². The van der Waals surface area contributed by atoms with Crippen molar-refractivity contribution in [3.05, 3.63) is 54.1 Å². The molecule has 0 aliphatic heterocycles. The highest BCUT2D eigenvalue weighted by Crippen LogP contribution is 2.05. The van der Waals surface area contributed by atoms with Gasteiger partial charge in [0, 0.05) is 31.2 Å². The van der Waals surface area contributed by atoms with Gasteiger partial charge in [-0.1, -0.05) is 30.3 Å². The Balaban J connectivity index is 2.00. The number of primary amides is 1. The number of nitrogens with one attached hydrogen (secondary N) is 6. The molecule has 0 aliphatic carbocycles. The Kier molecular flexibility index (Phi) is 15.6. The number of amides is 6. The molecule has 0 bridgehead atoms. The predicted molar refractivity (Wildman–Crippen MR) is 166 cm³/mol. The highest BCUT2D eigenvalue weighted by Gasteiger charge is 2.31. The van der Waals surface area contributed by atoms with Crippen LogP contribution in [0.25, 0.3) is 0 Å². The van der Waals surface area contributed by atoms with E-state index in [1.165, 1.54) is 19.4 Å². The molecule has 19 heteroatoms. The predicted octanol–water partition coefficient (Wildman–Crippen LogP) is -4.70. The number of hydrogen-bond donors (Lipinski definition) is 11. The van der Waals surface area contributed by atoms with Crippen molar-refractivity contribution in [3.8, 4) is 0 Å². The monoisotopic (exact) mass is 675 g/mol. The molecule has 13 N–H and O–H groups in total. The zero-order valence-electron chi connectivity index (χ0n) is 26.0. The lowest BCUT2D eigenvalue weighted by atomic mass is 10.0. The second kappa shape index (κ2) is 19.3. The topological polar surface area (TPSA) is 321 Å². The number of nitrogens with two attached hydrogens (primary N) is 2. The van der Waals surface area contributed by atoms with E-state index >= 15 is 0 Å². The number of rotatable bonds is 20. The average molecular weight is 676 g/mol. The molecule has 48 heavy (non-hydrogen) atoms. The van der Waals surface area contributed by atoms with Gasteiger partial charge in [0.2, 0.25) is 35.4 Å². The van der Waals surface area contributed by atoms with Gasteiger partial charge in [0.25, 0.3) is 0 Å². The number of aliphatic carboxylic acids is 1. The maximum absolute atomic E-state index is 12.9. The summed E-state index contributed by atoms with van der Waals surface area (Å²) in [5, 5.41) is 40.7. The standard InChI is InChI=1S/C29H41N9O10/c1-15(40)24(28(46)36-20(29(47)48)9-16-5-3-2-4-6-16)38-23(42)12-33-26(44)19(7-8-22(31)41)35-27(45)21(13-39)37-25(43)18(30)10-17-11-32-14-34-17/h2-6,11,14-15,18-21,24,39-40H,7-10,12-13,30H2,1H3,(H2,31,41)(H,32,34)(H,33,44)(H,35,45)(H,36,46)(H,37,43)(H,38,42)(H,47,48). The van der Waals surface area contributed by atoms with E-state index < -0.39 is 90.9 Å². The second-order valence-electron chi connectivity index (χ2n) is 10.8. The van der Waals surface area contributed by atoms with Crippen molar-refractivity contribution in [3.63, 3.8) is 0 Å². The molecule has 262 valence electrons. The van der Waals surface area contributed by atoms with Crippen LogP contribution in [0.15, 0.2) is 42.9 Å². The van der Waals surface area contributed by atoms with Crippen LogP contribution in [-0.2, 0) is 46.4 Å². The third kappa shape index (κ3) is 13.1. The van der Waals surface area contributed by atoms with Crippen molar-refractivity contribution in [2.24, 2.45) is 11.5 Å². The van der Waals surface area contributed by atoms with Gasteiger partial charge >= 0.3 is 5.97 Å². The van der Waals surface area contributed by atoms with E-state index in [9.17, 15) is 48.9 Å². The summed E-state index contributed by atoms with van der Waals surface area (Å²) in [7, 11) is 0. The van der Waals surface area contributed by atoms with Gasteiger partial charge in [-0.2, -0.15) is 0 Å². The molecule has 1 heterocycles. The molecule has 0 fully saturated rings. The molecule has 6 atom stereocenters. The number of imidazole rings is 1. The van der Waals surface area contributed by atoms with Crippen LogP contribution in [0.4, 0.5) is 0 Å². The zero-order valence-corrected chi connectivity index (χ0v) is 26.0. The molecule has 2 aromatic rings. The summed E-state index contributed by atoms with van der Waals surface area (Å²) in [6, 6.07) is 1.33. The Bertz CT molecular complexity index is 1410. The van der Waals surface area contributed by atoms with Gasteiger partial charge < -0.3 is 58.4 Å². The number of carbonyl (C=O) groups is 7. The van der Waals surface area contributed by atoms with Gasteiger partial charge in [0.1, 0.15) is 24.2 Å². The number of carbonyl (C=O) groups excluding carboxylic acids is 6. The lowest BCUT2D eigenvalue weighted by molar-refractivity contribution is -0.143. The fourth-order valence-electron chi connectivity index (χ4n) is 4.26. The minimum Gasteiger partial charge on any atom is -0.480 e. The normalized spacial score (nSPS) is 14.6. The fourth-order valence-corrected chi connectivity index (χ4v) is 4.26. The summed E-state index contributed by atoms with van der Waals surface area (Å²) >= 11 is 0. The Morgan fingerprint density at radius 3 is 2.08 bits per heavy atom. The summed E-state index contributed by atoms with van der Waals surface area (Å²) in [5.41, 5.74) is 12.2. The SMILES string of the molecule is CC(O)C(NC(=O)CNC(=O)C(CCC(N)=O)NC(=O)C(CO)NC(=O)C(N)Cc1cnc[nH]1)C(=O)NC(Cc1ccccc1)C(=O)O. The quantitative estimate of drug-likeness (QED) is 0.0631. The van der Waals surface area contributed by atoms with Crippen molar-refractivity contribution in [1.82, 2.24) is 36.6 Å². The number of aromatic amines is 1. The van der Waals surface area contributed by atoms with Crippen LogP contribution in [0.5, 0.6) is 0 Å². The van der Waals surface area contributed by atoms with Crippen LogP contribution < -0.4 is 38.1 Å². The maximum atomic E-state index is 12.9. The van der Waals surface area contributed by atoms with Crippen LogP contribution in [-0.4, -0.2) is 116 Å². The lowest BCUT2D eigenvalue weighted by Gasteiger charge is -2.24. The Labute approximate surface area is 274 Å². The van der Waals surface area contributed by atoms with Crippen molar-refractivity contribution in [2.45, 2.75) is 68.9 Å². The molecule has 6 amide bonds. The molecule has 2 rings (SSSR count). The van der Waals surface area contributed by atoms with Crippen LogP contribution in [0, 0.1) is 0 Å². The summed E-state index contributed by atoms with van der Waals surface area (Å²) in [5.74, 6) is -6.89. The van der Waals surface area contributed by atoms with Gasteiger partial charge in [-0.15, -0.1) is 0 Å². The Morgan fingerprint density at radius 2 is 1.52 bits per heavy atom. The number of aliphatic hydroxyl groups is 2. The fraction of sp³-hybridized carbons (Fsp3) is 0.448. The van der Waals surface area contributed by atoms with Gasteiger partial charge in [-0.05, 0) is 18.9 Å². The molecule has 0 aliphatic rings. The molecule has 1 aromatic heterocycles. The van der Waals surface area contributed by atoms with Crippen LogP contribution in [0.1, 0.15) is 31.0 Å². The summed E-state index contributed by atoms with van der Waals surface area (Å²) in [6.45, 7) is -0.461. The molecule has 0 spiro atoms. The van der Waals surface area contributed by atoms with Gasteiger partial charge in [-0.3, -0.25) is 28.8 Å². The highest BCUT2D eigenvalue weighted by atomic mass is 16.4. The van der Waals surface area contributed by atoms with Crippen molar-refractivity contribution in [1.29, 1.82) is 0 Å². The van der Waals surface area contributed by atoms with E-state index in [-0.39, 0.29) is 25.7 Å². The molecular weight excluding hydrogens is 634 g/mol. The first kappa shape index (κ1) is 38.8. The Morgan fingerprint density at radius 1 is 0.875 bits per heavy atom. The second-order valence-corrected chi connectivity index (χ2v) is 10.8. The largest absolute Gasteiger partial charge is 0.480 e. The zero-order chi connectivity index (χ0) is 35.8. The van der Waals surface area contributed by atoms with Gasteiger partial charge in [-0.25, -0.2) is 9.78 Å². The number of hydrogen-bond acceptors (Lipinski definition) is 11. The number of aliphatic hydroxyl groups excluding tert-OH is 2. The number of aromatic nitrogens is 2. The van der Waals surface area contributed by atoms with Gasteiger partial charge in [0.05, 0.1) is 31.6 Å². The van der Waals surface area contributed by atoms with Crippen LogP contribution in [0.3, 0.4) is 0 Å². The lowest BCUT2D eigenvalue weighted by Crippen LogP contribution is -2.59. The third-order valence-electron chi connectivity index (χ3n) is 6.86. The van der Waals surface area contributed by atoms with Gasteiger partial charge in [0.15, 0.2) is 0 Å². The molecular formula is C29H41N9O10. The first-order chi connectivity index (χ1) is 22.7. The van der Waals surface area contributed by atoms with Crippen molar-refractivity contribution in [2.75, 3.05) is 13.2 Å². The smallest absolute Gasteiger partial charge is 0.326 e. The molecule has 1 aromatic carbocycles. The summed E-state index contributed by atoms with van der Waals surface area (Å²) < 4.78 is 0. The van der Waals surface area contributed by atoms with Crippen molar-refractivity contribution < 1.29 is 48.9 Å². The van der Waals surface area contributed by atoms with E-state index in [0.29, 0.717) is 11.3 Å². The number of nitrogens with zero attached hydrogens (tertiary/aromatic N) is 1. The van der Waals surface area contributed by atoms with Crippen LogP contribution in [0.2, 0.25) is 0 Å². The first-order valence-corrected chi connectivity index (χ1v) is 14.8. The van der Waals surface area contributed by atoms with Crippen molar-refractivity contribution >= 4 is 41.4 Å². The average Bonchev–Trinajstić information content (AvgIpc) is 3.55. The van der Waals surface area contributed by atoms with E-state index in [0.717, 1.165) is 0 Å². The molecule has 0 saturated carbocycles. The number of carboxylic acid groups (broad SMARTS) is 1. The van der Waals surface area contributed by atoms with E-state index in [1.54, 1.807) is 30.3 Å². The maximum Gasteiger partial charge on any atom is 0.326 e. The summed E-state index contributed by atoms with van der Waals surface area (Å²) in [4.78, 5) is 93.5. The number of benzene rings is 1. The number of carboxylic acids is 1. The first-order valence-electron chi connectivity index (χ1n) is 14.8.